The Hall–Kier alpha value is -3.00. The molecule has 1 amide bonds. The van der Waals surface area contributed by atoms with Gasteiger partial charge in [-0.25, -0.2) is 13.4 Å². The Morgan fingerprint density at radius 3 is 2.50 bits per heavy atom. The summed E-state index contributed by atoms with van der Waals surface area (Å²) >= 11 is 0. The third-order valence-electron chi connectivity index (χ3n) is 4.50. The number of carbonyl (C=O) groups is 1. The second-order valence-electron chi connectivity index (χ2n) is 6.64. The number of fused-ring (bicyclic) bond motifs is 1. The van der Waals surface area contributed by atoms with Crippen LogP contribution in [0.1, 0.15) is 24.9 Å². The zero-order chi connectivity index (χ0) is 20.3. The van der Waals surface area contributed by atoms with Gasteiger partial charge in [0, 0.05) is 19.2 Å². The molecule has 1 atom stereocenters. The highest BCUT2D eigenvalue weighted by Crippen LogP contribution is 2.16. The number of hydrogen-bond acceptors (Lipinski definition) is 5. The molecule has 7 nitrogen and oxygen atoms in total. The molecule has 0 saturated heterocycles. The van der Waals surface area contributed by atoms with E-state index in [-0.39, 0.29) is 35.4 Å². The quantitative estimate of drug-likeness (QED) is 0.684. The molecular weight excluding hydrogens is 378 g/mol. The standard InChI is InChI=1S/C20H21N3O4S/c1-14(15-7-9-16(10-8-15)28(2,26)27)22-19(24)11-12-23-13-21-18-6-4-3-5-17(18)20(23)25/h3-10,13-14H,11-12H2,1-2H3,(H,22,24). The molecule has 1 heterocycles. The van der Waals surface area contributed by atoms with E-state index >= 15 is 0 Å². The van der Waals surface area contributed by atoms with E-state index in [1.165, 1.54) is 23.0 Å². The number of para-hydroxylation sites is 1. The van der Waals surface area contributed by atoms with Crippen molar-refractivity contribution in [2.45, 2.75) is 30.8 Å². The lowest BCUT2D eigenvalue weighted by Crippen LogP contribution is -2.29. The van der Waals surface area contributed by atoms with Gasteiger partial charge in [0.2, 0.25) is 5.91 Å². The van der Waals surface area contributed by atoms with Gasteiger partial charge >= 0.3 is 0 Å². The maximum absolute atomic E-state index is 12.4. The van der Waals surface area contributed by atoms with Crippen LogP contribution in [-0.2, 0) is 21.2 Å². The van der Waals surface area contributed by atoms with Gasteiger partial charge in [0.05, 0.1) is 28.2 Å². The Morgan fingerprint density at radius 1 is 1.14 bits per heavy atom. The van der Waals surface area contributed by atoms with Gasteiger partial charge in [0.25, 0.3) is 5.56 Å². The fraction of sp³-hybridized carbons (Fsp3) is 0.250. The van der Waals surface area contributed by atoms with Crippen LogP contribution in [0.2, 0.25) is 0 Å². The number of amides is 1. The minimum atomic E-state index is -3.25. The lowest BCUT2D eigenvalue weighted by Gasteiger charge is -2.15. The summed E-state index contributed by atoms with van der Waals surface area (Å²) in [6.45, 7) is 2.04. The largest absolute Gasteiger partial charge is 0.350 e. The summed E-state index contributed by atoms with van der Waals surface area (Å²) in [5.41, 5.74) is 1.24. The van der Waals surface area contributed by atoms with Crippen molar-refractivity contribution in [1.82, 2.24) is 14.9 Å². The van der Waals surface area contributed by atoms with Gasteiger partial charge in [-0.3, -0.25) is 14.2 Å². The van der Waals surface area contributed by atoms with Crippen molar-refractivity contribution in [2.75, 3.05) is 6.26 Å². The van der Waals surface area contributed by atoms with E-state index in [2.05, 4.69) is 10.3 Å². The van der Waals surface area contributed by atoms with Crippen LogP contribution in [0, 0.1) is 0 Å². The van der Waals surface area contributed by atoms with Crippen LogP contribution in [0.3, 0.4) is 0 Å². The summed E-state index contributed by atoms with van der Waals surface area (Å²) in [5, 5.41) is 3.38. The minimum Gasteiger partial charge on any atom is -0.350 e. The SMILES string of the molecule is CC(NC(=O)CCn1cnc2ccccc2c1=O)c1ccc(S(C)(=O)=O)cc1. The molecule has 28 heavy (non-hydrogen) atoms. The van der Waals surface area contributed by atoms with Crippen LogP contribution >= 0.6 is 0 Å². The third-order valence-corrected chi connectivity index (χ3v) is 5.63. The second kappa shape index (κ2) is 7.93. The van der Waals surface area contributed by atoms with Crippen molar-refractivity contribution < 1.29 is 13.2 Å². The second-order valence-corrected chi connectivity index (χ2v) is 8.66. The molecule has 1 unspecified atom stereocenters. The van der Waals surface area contributed by atoms with Crippen LogP contribution in [0.15, 0.2) is 64.5 Å². The first kappa shape index (κ1) is 19.8. The summed E-state index contributed by atoms with van der Waals surface area (Å²) in [6, 6.07) is 13.2. The molecule has 146 valence electrons. The maximum atomic E-state index is 12.4. The highest BCUT2D eigenvalue weighted by molar-refractivity contribution is 7.90. The predicted octanol–water partition coefficient (Wildman–Crippen LogP) is 2.07. The first-order valence-electron chi connectivity index (χ1n) is 8.79. The maximum Gasteiger partial charge on any atom is 0.261 e. The van der Waals surface area contributed by atoms with Gasteiger partial charge in [-0.1, -0.05) is 24.3 Å². The van der Waals surface area contributed by atoms with Crippen molar-refractivity contribution in [1.29, 1.82) is 0 Å². The molecule has 3 aromatic rings. The topological polar surface area (TPSA) is 98.1 Å². The van der Waals surface area contributed by atoms with Crippen molar-refractivity contribution in [3.8, 4) is 0 Å². The van der Waals surface area contributed by atoms with Crippen LogP contribution in [-0.4, -0.2) is 30.1 Å². The number of aromatic nitrogens is 2. The number of carbonyl (C=O) groups excluding carboxylic acids is 1. The third kappa shape index (κ3) is 4.45. The van der Waals surface area contributed by atoms with Gasteiger partial charge in [-0.05, 0) is 36.8 Å². The average Bonchev–Trinajstić information content (AvgIpc) is 2.67. The zero-order valence-corrected chi connectivity index (χ0v) is 16.4. The Labute approximate surface area is 163 Å². The van der Waals surface area contributed by atoms with Crippen molar-refractivity contribution in [2.24, 2.45) is 0 Å². The normalized spacial score (nSPS) is 12.6. The summed E-state index contributed by atoms with van der Waals surface area (Å²) in [6.07, 6.45) is 2.73. The van der Waals surface area contributed by atoms with Crippen LogP contribution in [0.4, 0.5) is 0 Å². The smallest absolute Gasteiger partial charge is 0.261 e. The van der Waals surface area contributed by atoms with Crippen molar-refractivity contribution in [3.63, 3.8) is 0 Å². The van der Waals surface area contributed by atoms with Crippen LogP contribution in [0.25, 0.3) is 10.9 Å². The fourth-order valence-electron chi connectivity index (χ4n) is 2.89. The number of rotatable bonds is 6. The zero-order valence-electron chi connectivity index (χ0n) is 15.6. The number of nitrogens with zero attached hydrogens (tertiary/aromatic N) is 2. The fourth-order valence-corrected chi connectivity index (χ4v) is 3.52. The molecule has 0 fully saturated rings. The van der Waals surface area contributed by atoms with Gasteiger partial charge in [0.1, 0.15) is 0 Å². The summed E-state index contributed by atoms with van der Waals surface area (Å²) in [4.78, 5) is 29.2. The van der Waals surface area contributed by atoms with E-state index in [4.69, 9.17) is 0 Å². The van der Waals surface area contributed by atoms with Crippen molar-refractivity contribution >= 4 is 26.6 Å². The highest BCUT2D eigenvalue weighted by Gasteiger charge is 2.12. The molecule has 8 heteroatoms. The molecule has 2 aromatic carbocycles. The Balaban J connectivity index is 1.63. The molecule has 1 aromatic heterocycles. The molecule has 1 N–H and O–H groups in total. The van der Waals surface area contributed by atoms with Crippen molar-refractivity contribution in [3.05, 3.63) is 70.8 Å². The molecular formula is C20H21N3O4S. The molecule has 0 aliphatic rings. The first-order chi connectivity index (χ1) is 13.3. The molecule has 3 rings (SSSR count). The minimum absolute atomic E-state index is 0.131. The predicted molar refractivity (Wildman–Crippen MR) is 107 cm³/mol. The van der Waals surface area contributed by atoms with Crippen LogP contribution in [0.5, 0.6) is 0 Å². The number of sulfone groups is 1. The highest BCUT2D eigenvalue weighted by atomic mass is 32.2. The number of nitrogens with one attached hydrogen (secondary N) is 1. The van der Waals surface area contributed by atoms with Gasteiger partial charge in [-0.15, -0.1) is 0 Å². The lowest BCUT2D eigenvalue weighted by atomic mass is 10.1. The summed E-state index contributed by atoms with van der Waals surface area (Å²) in [7, 11) is -3.25. The van der Waals surface area contributed by atoms with Crippen LogP contribution < -0.4 is 10.9 Å². The number of hydrogen-bond donors (Lipinski definition) is 1. The monoisotopic (exact) mass is 399 g/mol. The first-order valence-corrected chi connectivity index (χ1v) is 10.7. The molecule has 0 bridgehead atoms. The van der Waals surface area contributed by atoms with Gasteiger partial charge < -0.3 is 5.32 Å². The molecule has 0 spiro atoms. The average molecular weight is 399 g/mol. The van der Waals surface area contributed by atoms with Gasteiger partial charge in [0.15, 0.2) is 9.84 Å². The number of aryl methyl sites for hydroxylation is 1. The van der Waals surface area contributed by atoms with E-state index in [0.717, 1.165) is 11.8 Å². The van der Waals surface area contributed by atoms with E-state index in [9.17, 15) is 18.0 Å². The van der Waals surface area contributed by atoms with E-state index in [1.807, 2.05) is 13.0 Å². The Bertz CT molecular complexity index is 1170. The molecule has 0 aliphatic carbocycles. The lowest BCUT2D eigenvalue weighted by molar-refractivity contribution is -0.121. The van der Waals surface area contributed by atoms with E-state index in [1.54, 1.807) is 30.3 Å². The van der Waals surface area contributed by atoms with E-state index in [0.29, 0.717) is 10.9 Å². The Kier molecular flexibility index (Phi) is 5.60. The Morgan fingerprint density at radius 2 is 1.82 bits per heavy atom. The molecule has 0 aliphatic heterocycles. The molecule has 0 saturated carbocycles. The number of benzene rings is 2. The van der Waals surface area contributed by atoms with E-state index < -0.39 is 9.84 Å². The summed E-state index contributed by atoms with van der Waals surface area (Å²) in [5.74, 6) is -0.209. The van der Waals surface area contributed by atoms with Gasteiger partial charge in [-0.2, -0.15) is 0 Å². The molecule has 0 radical (unpaired) electrons. The summed E-state index contributed by atoms with van der Waals surface area (Å²) < 4.78 is 24.5.